The minimum absolute atomic E-state index is 0.292. The highest BCUT2D eigenvalue weighted by Gasteiger charge is 2.17. The van der Waals surface area contributed by atoms with Gasteiger partial charge in [0.1, 0.15) is 0 Å². The Morgan fingerprint density at radius 2 is 2.17 bits per heavy atom. The molecular formula is C14H14FNOS. The van der Waals surface area contributed by atoms with Gasteiger partial charge in [-0.2, -0.15) is 0 Å². The summed E-state index contributed by atoms with van der Waals surface area (Å²) in [5, 5.41) is 9.21. The molecule has 0 aliphatic carbocycles. The van der Waals surface area contributed by atoms with Gasteiger partial charge >= 0.3 is 0 Å². The van der Waals surface area contributed by atoms with E-state index in [2.05, 4.69) is 18.0 Å². The van der Waals surface area contributed by atoms with Gasteiger partial charge in [-0.15, -0.1) is 11.3 Å². The highest BCUT2D eigenvalue weighted by Crippen LogP contribution is 2.35. The quantitative estimate of drug-likeness (QED) is 0.853. The summed E-state index contributed by atoms with van der Waals surface area (Å²) >= 11 is 1.73. The van der Waals surface area contributed by atoms with E-state index in [-0.39, 0.29) is 5.75 Å². The number of thiophene rings is 1. The van der Waals surface area contributed by atoms with Crippen molar-refractivity contribution in [2.75, 3.05) is 13.6 Å². The van der Waals surface area contributed by atoms with Gasteiger partial charge in [-0.1, -0.05) is 0 Å². The van der Waals surface area contributed by atoms with Gasteiger partial charge in [0.05, 0.1) is 0 Å². The monoisotopic (exact) mass is 263 g/mol. The minimum atomic E-state index is -0.559. The molecule has 94 valence electrons. The molecular weight excluding hydrogens is 249 g/mol. The summed E-state index contributed by atoms with van der Waals surface area (Å²) in [5.74, 6) is -0.851. The molecule has 0 amide bonds. The Kier molecular flexibility index (Phi) is 2.84. The predicted molar refractivity (Wildman–Crippen MR) is 71.4 cm³/mol. The maximum Gasteiger partial charge on any atom is 0.165 e. The molecule has 4 heteroatoms. The smallest absolute Gasteiger partial charge is 0.165 e. The molecule has 0 fully saturated rings. The van der Waals surface area contributed by atoms with E-state index in [9.17, 15) is 9.50 Å². The number of hydrogen-bond acceptors (Lipinski definition) is 3. The zero-order valence-electron chi connectivity index (χ0n) is 10.1. The number of aromatic hydroxyl groups is 1. The van der Waals surface area contributed by atoms with Gasteiger partial charge in [0, 0.05) is 22.8 Å². The van der Waals surface area contributed by atoms with Crippen molar-refractivity contribution in [3.8, 4) is 16.2 Å². The SMILES string of the molecule is CN1CCc2sc(-c3ccc(O)c(F)c3)cc2C1. The van der Waals surface area contributed by atoms with Crippen molar-refractivity contribution < 1.29 is 9.50 Å². The van der Waals surface area contributed by atoms with Crippen LogP contribution < -0.4 is 0 Å². The number of rotatable bonds is 1. The van der Waals surface area contributed by atoms with Crippen LogP contribution in [0.1, 0.15) is 10.4 Å². The normalized spacial score (nSPS) is 15.7. The lowest BCUT2D eigenvalue weighted by Gasteiger charge is -2.21. The Balaban J connectivity index is 2.00. The average Bonchev–Trinajstić information content (AvgIpc) is 2.75. The standard InChI is InChI=1S/C14H14FNOS/c1-16-5-4-13-10(8-16)7-14(18-13)9-2-3-12(17)11(15)6-9/h2-3,6-7,17H,4-5,8H2,1H3. The number of fused-ring (bicyclic) bond motifs is 1. The first kappa shape index (κ1) is 11.7. The molecule has 3 rings (SSSR count). The van der Waals surface area contributed by atoms with Crippen molar-refractivity contribution in [1.29, 1.82) is 0 Å². The van der Waals surface area contributed by atoms with E-state index in [0.717, 1.165) is 30.0 Å². The second kappa shape index (κ2) is 4.37. The first-order chi connectivity index (χ1) is 8.63. The largest absolute Gasteiger partial charge is 0.505 e. The molecule has 2 aromatic rings. The Hall–Kier alpha value is -1.39. The Bertz CT molecular complexity index is 593. The molecule has 2 nitrogen and oxygen atoms in total. The summed E-state index contributed by atoms with van der Waals surface area (Å²) in [6.07, 6.45) is 1.07. The minimum Gasteiger partial charge on any atom is -0.505 e. The van der Waals surface area contributed by atoms with Crippen LogP contribution in [0.3, 0.4) is 0 Å². The van der Waals surface area contributed by atoms with Crippen LogP contribution >= 0.6 is 11.3 Å². The van der Waals surface area contributed by atoms with Crippen molar-refractivity contribution in [3.05, 3.63) is 40.5 Å². The van der Waals surface area contributed by atoms with E-state index in [4.69, 9.17) is 0 Å². The lowest BCUT2D eigenvalue weighted by Crippen LogP contribution is -2.25. The van der Waals surface area contributed by atoms with Crippen LogP contribution in [0.15, 0.2) is 24.3 Å². The molecule has 1 aromatic carbocycles. The summed E-state index contributed by atoms with van der Waals surface area (Å²) in [5.41, 5.74) is 2.18. The molecule has 1 N–H and O–H groups in total. The molecule has 1 aromatic heterocycles. The molecule has 0 unspecified atom stereocenters. The number of phenols is 1. The summed E-state index contributed by atoms with van der Waals surface area (Å²) in [6.45, 7) is 2.04. The average molecular weight is 263 g/mol. The maximum absolute atomic E-state index is 13.4. The summed E-state index contributed by atoms with van der Waals surface area (Å²) < 4.78 is 13.4. The zero-order chi connectivity index (χ0) is 12.7. The fourth-order valence-corrected chi connectivity index (χ4v) is 3.44. The Morgan fingerprint density at radius 1 is 1.33 bits per heavy atom. The number of likely N-dealkylation sites (N-methyl/N-ethyl adjacent to an activating group) is 1. The van der Waals surface area contributed by atoms with E-state index >= 15 is 0 Å². The highest BCUT2D eigenvalue weighted by molar-refractivity contribution is 7.15. The third kappa shape index (κ3) is 2.02. The molecule has 18 heavy (non-hydrogen) atoms. The third-order valence-electron chi connectivity index (χ3n) is 3.29. The molecule has 0 bridgehead atoms. The lowest BCUT2D eigenvalue weighted by atomic mass is 10.1. The molecule has 0 radical (unpaired) electrons. The van der Waals surface area contributed by atoms with Gasteiger partial charge in [0.2, 0.25) is 0 Å². The molecule has 0 saturated carbocycles. The molecule has 0 saturated heterocycles. The van der Waals surface area contributed by atoms with E-state index in [1.807, 2.05) is 0 Å². The maximum atomic E-state index is 13.4. The van der Waals surface area contributed by atoms with Crippen LogP contribution in [-0.2, 0) is 13.0 Å². The van der Waals surface area contributed by atoms with Gasteiger partial charge in [0.25, 0.3) is 0 Å². The van der Waals surface area contributed by atoms with Crippen LogP contribution in [0.5, 0.6) is 5.75 Å². The fourth-order valence-electron chi connectivity index (χ4n) is 2.28. The van der Waals surface area contributed by atoms with E-state index in [1.165, 1.54) is 22.6 Å². The Labute approximate surface area is 109 Å². The van der Waals surface area contributed by atoms with Crippen LogP contribution in [0.25, 0.3) is 10.4 Å². The Morgan fingerprint density at radius 3 is 2.94 bits per heavy atom. The van der Waals surface area contributed by atoms with Crippen molar-refractivity contribution in [3.63, 3.8) is 0 Å². The van der Waals surface area contributed by atoms with Gasteiger partial charge in [-0.05, 0) is 48.9 Å². The number of phenolic OH excluding ortho intramolecular Hbond substituents is 1. The third-order valence-corrected chi connectivity index (χ3v) is 4.58. The molecule has 0 spiro atoms. The zero-order valence-corrected chi connectivity index (χ0v) is 10.9. The highest BCUT2D eigenvalue weighted by atomic mass is 32.1. The van der Waals surface area contributed by atoms with Gasteiger partial charge in [-0.25, -0.2) is 4.39 Å². The van der Waals surface area contributed by atoms with Crippen LogP contribution in [0.4, 0.5) is 4.39 Å². The second-order valence-corrected chi connectivity index (χ2v) is 5.85. The van der Waals surface area contributed by atoms with Crippen molar-refractivity contribution >= 4 is 11.3 Å². The van der Waals surface area contributed by atoms with E-state index < -0.39 is 5.82 Å². The predicted octanol–water partition coefficient (Wildman–Crippen LogP) is 3.25. The second-order valence-electron chi connectivity index (χ2n) is 4.71. The number of nitrogens with zero attached hydrogens (tertiary/aromatic N) is 1. The van der Waals surface area contributed by atoms with Gasteiger partial charge in [0.15, 0.2) is 11.6 Å². The number of halogens is 1. The first-order valence-electron chi connectivity index (χ1n) is 5.92. The van der Waals surface area contributed by atoms with Crippen molar-refractivity contribution in [2.24, 2.45) is 0 Å². The van der Waals surface area contributed by atoms with Crippen molar-refractivity contribution in [2.45, 2.75) is 13.0 Å². The van der Waals surface area contributed by atoms with Crippen LogP contribution in [0.2, 0.25) is 0 Å². The van der Waals surface area contributed by atoms with Crippen molar-refractivity contribution in [1.82, 2.24) is 4.90 Å². The van der Waals surface area contributed by atoms with Crippen LogP contribution in [-0.4, -0.2) is 23.6 Å². The number of benzene rings is 1. The first-order valence-corrected chi connectivity index (χ1v) is 6.74. The van der Waals surface area contributed by atoms with E-state index in [0.29, 0.717) is 0 Å². The van der Waals surface area contributed by atoms with Gasteiger partial charge < -0.3 is 10.0 Å². The summed E-state index contributed by atoms with van der Waals surface area (Å²) in [7, 11) is 2.11. The molecule has 1 aliphatic rings. The lowest BCUT2D eigenvalue weighted by molar-refractivity contribution is 0.315. The molecule has 1 aliphatic heterocycles. The summed E-state index contributed by atoms with van der Waals surface area (Å²) in [4.78, 5) is 4.77. The van der Waals surface area contributed by atoms with Crippen LogP contribution in [0, 0.1) is 5.82 Å². The number of hydrogen-bond donors (Lipinski definition) is 1. The topological polar surface area (TPSA) is 23.5 Å². The molecule has 2 heterocycles. The van der Waals surface area contributed by atoms with Gasteiger partial charge in [-0.3, -0.25) is 0 Å². The summed E-state index contributed by atoms with van der Waals surface area (Å²) in [6, 6.07) is 6.72. The van der Waals surface area contributed by atoms with E-state index in [1.54, 1.807) is 17.4 Å². The fraction of sp³-hybridized carbons (Fsp3) is 0.286. The molecule has 0 atom stereocenters.